The van der Waals surface area contributed by atoms with E-state index in [1.54, 1.807) is 18.3 Å². The number of pyridine rings is 1. The molecule has 5 rings (SSSR count). The van der Waals surface area contributed by atoms with E-state index in [0.29, 0.717) is 37.5 Å². The predicted molar refractivity (Wildman–Crippen MR) is 123 cm³/mol. The number of hydrogen-bond donors (Lipinski definition) is 2. The number of likely N-dealkylation sites (tertiary alicyclic amines) is 1. The highest BCUT2D eigenvalue weighted by Crippen LogP contribution is 2.34. The summed E-state index contributed by atoms with van der Waals surface area (Å²) in [4.78, 5) is 33.0. The Kier molecular flexibility index (Phi) is 5.79. The highest BCUT2D eigenvalue weighted by Gasteiger charge is 2.53. The van der Waals surface area contributed by atoms with E-state index in [-0.39, 0.29) is 18.4 Å². The Morgan fingerprint density at radius 2 is 1.88 bits per heavy atom. The molecule has 7 nitrogen and oxygen atoms in total. The van der Waals surface area contributed by atoms with Crippen molar-refractivity contribution in [3.05, 3.63) is 95.8 Å². The first-order chi connectivity index (χ1) is 16.1. The van der Waals surface area contributed by atoms with Crippen LogP contribution in [0.3, 0.4) is 0 Å². The third-order valence-corrected chi connectivity index (χ3v) is 6.33. The SMILES string of the molecule is O=C1N[C@]2(COc3ccccc31)CN(Cc1ccccc1)C[C@H]2C(=O)NCc1ccccn1. The van der Waals surface area contributed by atoms with Gasteiger partial charge in [0.25, 0.3) is 5.91 Å². The van der Waals surface area contributed by atoms with Crippen LogP contribution in [0.1, 0.15) is 21.6 Å². The number of rotatable bonds is 5. The van der Waals surface area contributed by atoms with Crippen molar-refractivity contribution in [3.8, 4) is 5.75 Å². The number of para-hydroxylation sites is 1. The molecule has 33 heavy (non-hydrogen) atoms. The molecule has 0 aliphatic carbocycles. The lowest BCUT2D eigenvalue weighted by atomic mass is 9.86. The van der Waals surface area contributed by atoms with Gasteiger partial charge in [0.05, 0.1) is 29.3 Å². The third-order valence-electron chi connectivity index (χ3n) is 6.33. The Balaban J connectivity index is 1.40. The van der Waals surface area contributed by atoms with Crippen molar-refractivity contribution in [2.75, 3.05) is 19.7 Å². The summed E-state index contributed by atoms with van der Waals surface area (Å²) >= 11 is 0. The molecule has 7 heteroatoms. The van der Waals surface area contributed by atoms with E-state index in [9.17, 15) is 9.59 Å². The number of amides is 2. The zero-order valence-corrected chi connectivity index (χ0v) is 18.2. The van der Waals surface area contributed by atoms with Gasteiger partial charge in [-0.05, 0) is 29.8 Å². The lowest BCUT2D eigenvalue weighted by Crippen LogP contribution is -2.60. The van der Waals surface area contributed by atoms with Gasteiger partial charge in [0.1, 0.15) is 12.4 Å². The molecule has 2 aliphatic rings. The predicted octanol–water partition coefficient (Wildman–Crippen LogP) is 2.39. The van der Waals surface area contributed by atoms with E-state index in [1.807, 2.05) is 48.5 Å². The number of hydrogen-bond acceptors (Lipinski definition) is 5. The number of carbonyl (C=O) groups is 2. The second-order valence-corrected chi connectivity index (χ2v) is 8.64. The molecule has 1 spiro atoms. The molecular formula is C26H26N4O3. The quantitative estimate of drug-likeness (QED) is 0.634. The van der Waals surface area contributed by atoms with Crippen molar-refractivity contribution in [1.82, 2.24) is 20.5 Å². The van der Waals surface area contributed by atoms with Crippen LogP contribution in [-0.4, -0.2) is 46.9 Å². The van der Waals surface area contributed by atoms with E-state index in [2.05, 4.69) is 32.7 Å². The first-order valence-corrected chi connectivity index (χ1v) is 11.1. The molecule has 1 aromatic heterocycles. The van der Waals surface area contributed by atoms with Crippen LogP contribution in [0.2, 0.25) is 0 Å². The lowest BCUT2D eigenvalue weighted by molar-refractivity contribution is -0.127. The largest absolute Gasteiger partial charge is 0.490 e. The monoisotopic (exact) mass is 442 g/mol. The fraction of sp³-hybridized carbons (Fsp3) is 0.269. The van der Waals surface area contributed by atoms with Crippen LogP contribution < -0.4 is 15.4 Å². The van der Waals surface area contributed by atoms with Crippen LogP contribution in [-0.2, 0) is 17.9 Å². The Morgan fingerprint density at radius 3 is 2.70 bits per heavy atom. The average molecular weight is 443 g/mol. The van der Waals surface area contributed by atoms with Crippen LogP contribution in [0.25, 0.3) is 0 Å². The van der Waals surface area contributed by atoms with Crippen molar-refractivity contribution in [3.63, 3.8) is 0 Å². The number of nitrogens with one attached hydrogen (secondary N) is 2. The summed E-state index contributed by atoms with van der Waals surface area (Å²) in [6.45, 7) is 2.28. The third kappa shape index (κ3) is 4.45. The molecule has 168 valence electrons. The first-order valence-electron chi connectivity index (χ1n) is 11.1. The molecule has 0 bridgehead atoms. The molecule has 2 amide bonds. The van der Waals surface area contributed by atoms with Crippen LogP contribution >= 0.6 is 0 Å². The van der Waals surface area contributed by atoms with Gasteiger partial charge in [-0.15, -0.1) is 0 Å². The highest BCUT2D eigenvalue weighted by atomic mass is 16.5. The molecule has 0 radical (unpaired) electrons. The number of aromatic nitrogens is 1. The Bertz CT molecular complexity index is 1140. The number of fused-ring (bicyclic) bond motifs is 1. The summed E-state index contributed by atoms with van der Waals surface area (Å²) in [5.41, 5.74) is 1.60. The van der Waals surface area contributed by atoms with E-state index < -0.39 is 11.5 Å². The van der Waals surface area contributed by atoms with Crippen molar-refractivity contribution < 1.29 is 14.3 Å². The van der Waals surface area contributed by atoms with Gasteiger partial charge in [-0.3, -0.25) is 19.5 Å². The van der Waals surface area contributed by atoms with Crippen LogP contribution in [0, 0.1) is 5.92 Å². The number of nitrogens with zero attached hydrogens (tertiary/aromatic N) is 2. The maximum Gasteiger partial charge on any atom is 0.255 e. The van der Waals surface area contributed by atoms with Crippen LogP contribution in [0.5, 0.6) is 5.75 Å². The van der Waals surface area contributed by atoms with Gasteiger partial charge in [-0.25, -0.2) is 0 Å². The maximum absolute atomic E-state index is 13.4. The van der Waals surface area contributed by atoms with Gasteiger partial charge in [0.2, 0.25) is 5.91 Å². The summed E-state index contributed by atoms with van der Waals surface area (Å²) in [5, 5.41) is 6.19. The van der Waals surface area contributed by atoms with Crippen molar-refractivity contribution >= 4 is 11.8 Å². The smallest absolute Gasteiger partial charge is 0.255 e. The zero-order chi connectivity index (χ0) is 22.7. The first kappa shape index (κ1) is 21.2. The Hall–Kier alpha value is -3.71. The van der Waals surface area contributed by atoms with E-state index in [0.717, 1.165) is 11.3 Å². The molecule has 3 aromatic rings. The molecule has 2 atom stereocenters. The fourth-order valence-electron chi connectivity index (χ4n) is 4.70. The Morgan fingerprint density at radius 1 is 1.09 bits per heavy atom. The van der Waals surface area contributed by atoms with E-state index >= 15 is 0 Å². The molecule has 1 fully saturated rings. The average Bonchev–Trinajstić information content (AvgIpc) is 3.12. The minimum Gasteiger partial charge on any atom is -0.490 e. The minimum atomic E-state index is -0.834. The lowest BCUT2D eigenvalue weighted by Gasteiger charge is -2.33. The van der Waals surface area contributed by atoms with Gasteiger partial charge >= 0.3 is 0 Å². The molecule has 0 unspecified atom stereocenters. The van der Waals surface area contributed by atoms with E-state index in [4.69, 9.17) is 4.74 Å². The second-order valence-electron chi connectivity index (χ2n) is 8.64. The summed E-state index contributed by atoms with van der Waals surface area (Å²) < 4.78 is 6.10. The molecule has 2 aromatic carbocycles. The fourth-order valence-corrected chi connectivity index (χ4v) is 4.70. The highest BCUT2D eigenvalue weighted by molar-refractivity contribution is 5.98. The molecule has 1 saturated heterocycles. The normalized spacial score (nSPS) is 22.2. The van der Waals surface area contributed by atoms with Crippen molar-refractivity contribution in [2.45, 2.75) is 18.6 Å². The number of carbonyl (C=O) groups excluding carboxylic acids is 2. The van der Waals surface area contributed by atoms with Crippen LogP contribution in [0.4, 0.5) is 0 Å². The second kappa shape index (κ2) is 9.03. The van der Waals surface area contributed by atoms with Gasteiger partial charge in [-0.1, -0.05) is 48.5 Å². The van der Waals surface area contributed by atoms with Gasteiger partial charge in [-0.2, -0.15) is 0 Å². The number of benzene rings is 2. The van der Waals surface area contributed by atoms with Crippen molar-refractivity contribution in [1.29, 1.82) is 0 Å². The van der Waals surface area contributed by atoms with Gasteiger partial charge < -0.3 is 15.4 Å². The van der Waals surface area contributed by atoms with Gasteiger partial charge in [0, 0.05) is 25.8 Å². The minimum absolute atomic E-state index is 0.119. The van der Waals surface area contributed by atoms with Crippen molar-refractivity contribution in [2.24, 2.45) is 5.92 Å². The molecule has 2 aliphatic heterocycles. The summed E-state index contributed by atoms with van der Waals surface area (Å²) in [6, 6.07) is 22.9. The zero-order valence-electron chi connectivity index (χ0n) is 18.2. The molecular weight excluding hydrogens is 416 g/mol. The standard InChI is InChI=1S/C26H26N4O3/c31-24-21-11-4-5-12-23(21)33-18-26(29-24)17-30(15-19-8-2-1-3-9-19)16-22(26)25(32)28-14-20-10-6-7-13-27-20/h1-13,22H,14-18H2,(H,28,32)(H,29,31)/t22-,26-/m0/s1. The molecule has 0 saturated carbocycles. The Labute approximate surface area is 192 Å². The number of ether oxygens (including phenoxy) is 1. The van der Waals surface area contributed by atoms with Crippen LogP contribution in [0.15, 0.2) is 79.0 Å². The summed E-state index contributed by atoms with van der Waals surface area (Å²) in [7, 11) is 0. The summed E-state index contributed by atoms with van der Waals surface area (Å²) in [6.07, 6.45) is 1.71. The molecule has 3 heterocycles. The maximum atomic E-state index is 13.4. The summed E-state index contributed by atoms with van der Waals surface area (Å²) in [5.74, 6) is -0.262. The van der Waals surface area contributed by atoms with E-state index in [1.165, 1.54) is 0 Å². The molecule has 2 N–H and O–H groups in total. The van der Waals surface area contributed by atoms with Gasteiger partial charge in [0.15, 0.2) is 0 Å². The topological polar surface area (TPSA) is 83.6 Å².